The van der Waals surface area contributed by atoms with Crippen LogP contribution in [0.1, 0.15) is 34.0 Å². The van der Waals surface area contributed by atoms with Gasteiger partial charge in [0.25, 0.3) is 11.8 Å². The van der Waals surface area contributed by atoms with E-state index >= 15 is 0 Å². The number of ether oxygens (including phenoxy) is 2. The number of hydrogen-bond acceptors (Lipinski definition) is 5. The van der Waals surface area contributed by atoms with Crippen LogP contribution in [-0.2, 0) is 14.3 Å². The minimum atomic E-state index is -1.02. The van der Waals surface area contributed by atoms with Gasteiger partial charge in [0.15, 0.2) is 5.60 Å². The number of likely N-dealkylation sites (tertiary alicyclic amines) is 1. The molecule has 0 radical (unpaired) electrons. The van der Waals surface area contributed by atoms with Crippen molar-refractivity contribution < 1.29 is 19.1 Å². The lowest BCUT2D eigenvalue weighted by Crippen LogP contribution is -2.59. The van der Waals surface area contributed by atoms with E-state index < -0.39 is 5.60 Å². The van der Waals surface area contributed by atoms with E-state index in [1.54, 1.807) is 4.90 Å². The van der Waals surface area contributed by atoms with Gasteiger partial charge in [0.1, 0.15) is 0 Å². The van der Waals surface area contributed by atoms with Gasteiger partial charge in [0.2, 0.25) is 0 Å². The highest BCUT2D eigenvalue weighted by atomic mass is 32.1. The number of hydrogen-bond donors (Lipinski definition) is 0. The third kappa shape index (κ3) is 3.90. The van der Waals surface area contributed by atoms with E-state index in [4.69, 9.17) is 9.47 Å². The molecule has 5 rings (SSSR count). The Kier molecular flexibility index (Phi) is 5.82. The van der Waals surface area contributed by atoms with Crippen molar-refractivity contribution in [1.82, 2.24) is 9.80 Å². The van der Waals surface area contributed by atoms with Crippen LogP contribution in [-0.4, -0.2) is 73.2 Å². The summed E-state index contributed by atoms with van der Waals surface area (Å²) < 4.78 is 11.8. The van der Waals surface area contributed by atoms with Gasteiger partial charge in [-0.05, 0) is 35.8 Å². The van der Waals surface area contributed by atoms with E-state index in [-0.39, 0.29) is 17.7 Å². The van der Waals surface area contributed by atoms with Crippen LogP contribution in [0.4, 0.5) is 0 Å². The van der Waals surface area contributed by atoms with Gasteiger partial charge in [-0.1, -0.05) is 36.4 Å². The van der Waals surface area contributed by atoms with Crippen molar-refractivity contribution in [3.05, 3.63) is 58.3 Å². The zero-order valence-corrected chi connectivity index (χ0v) is 18.4. The Balaban J connectivity index is 1.44. The summed E-state index contributed by atoms with van der Waals surface area (Å²) in [6.07, 6.45) is 1.97. The fourth-order valence-corrected chi connectivity index (χ4v) is 5.83. The number of amides is 2. The molecular weight excluding hydrogens is 412 g/mol. The summed E-state index contributed by atoms with van der Waals surface area (Å²) in [6, 6.07) is 13.9. The molecule has 1 aromatic carbocycles. The van der Waals surface area contributed by atoms with Gasteiger partial charge in [0.05, 0.1) is 18.0 Å². The highest BCUT2D eigenvalue weighted by molar-refractivity contribution is 7.12. The molecule has 1 spiro atoms. The molecule has 7 heteroatoms. The van der Waals surface area contributed by atoms with Gasteiger partial charge in [0, 0.05) is 38.8 Å². The summed E-state index contributed by atoms with van der Waals surface area (Å²) >= 11 is 1.44. The van der Waals surface area contributed by atoms with E-state index in [0.717, 1.165) is 38.2 Å². The molecule has 164 valence electrons. The topological polar surface area (TPSA) is 59.1 Å². The normalized spacial score (nSPS) is 27.2. The number of morpholine rings is 1. The molecule has 2 amide bonds. The summed E-state index contributed by atoms with van der Waals surface area (Å²) in [7, 11) is 0. The Morgan fingerprint density at radius 2 is 1.90 bits per heavy atom. The predicted molar refractivity (Wildman–Crippen MR) is 118 cm³/mol. The molecule has 1 aromatic heterocycles. The zero-order valence-electron chi connectivity index (χ0n) is 17.6. The van der Waals surface area contributed by atoms with Crippen LogP contribution in [0.25, 0.3) is 0 Å². The lowest BCUT2D eigenvalue weighted by atomic mass is 9.83. The summed E-state index contributed by atoms with van der Waals surface area (Å²) in [6.45, 7) is 4.06. The van der Waals surface area contributed by atoms with Crippen LogP contribution in [0.3, 0.4) is 0 Å². The van der Waals surface area contributed by atoms with Crippen LogP contribution in [0.15, 0.2) is 47.8 Å². The molecule has 4 heterocycles. The second-order valence-corrected chi connectivity index (χ2v) is 9.62. The Morgan fingerprint density at radius 1 is 1.10 bits per heavy atom. The van der Waals surface area contributed by atoms with Crippen LogP contribution in [0, 0.1) is 5.92 Å². The molecule has 3 saturated heterocycles. The minimum absolute atomic E-state index is 0.0137. The SMILES string of the molecule is O=C(c1cccs1)N1CCO[C@@]2(C1)C(=O)N(CC1CCOCC1)C[C@@H]2c1ccccc1. The standard InChI is InChI=1S/C24H28N2O4S/c27-22(21-7-4-14-31-21)25-10-13-30-24(17-25)20(19-5-2-1-3-6-19)16-26(23(24)28)15-18-8-11-29-12-9-18/h1-7,14,18,20H,8-13,15-17H2/t20-,24-/m1/s1. The molecular formula is C24H28N2O4S. The van der Waals surface area contributed by atoms with Crippen molar-refractivity contribution in [2.75, 3.05) is 46.0 Å². The van der Waals surface area contributed by atoms with Crippen molar-refractivity contribution >= 4 is 23.2 Å². The minimum Gasteiger partial charge on any atom is -0.381 e. The molecule has 0 N–H and O–H groups in total. The largest absolute Gasteiger partial charge is 0.381 e. The van der Waals surface area contributed by atoms with Crippen LogP contribution < -0.4 is 0 Å². The van der Waals surface area contributed by atoms with Gasteiger partial charge in [-0.2, -0.15) is 0 Å². The number of carbonyl (C=O) groups is 2. The van der Waals surface area contributed by atoms with E-state index in [1.807, 2.05) is 40.6 Å². The quantitative estimate of drug-likeness (QED) is 0.733. The molecule has 3 aliphatic heterocycles. The van der Waals surface area contributed by atoms with Crippen molar-refractivity contribution in [2.24, 2.45) is 5.92 Å². The van der Waals surface area contributed by atoms with Gasteiger partial charge in [-0.3, -0.25) is 9.59 Å². The third-order valence-corrected chi connectivity index (χ3v) is 7.66. The Bertz CT molecular complexity index is 913. The summed E-state index contributed by atoms with van der Waals surface area (Å²) in [5.41, 5.74) is 0.0771. The van der Waals surface area contributed by atoms with E-state index in [0.29, 0.717) is 37.0 Å². The number of nitrogens with zero attached hydrogens (tertiary/aromatic N) is 2. The number of benzene rings is 1. The zero-order chi connectivity index (χ0) is 21.3. The van der Waals surface area contributed by atoms with E-state index in [1.165, 1.54) is 11.3 Å². The molecule has 31 heavy (non-hydrogen) atoms. The summed E-state index contributed by atoms with van der Waals surface area (Å²) in [4.78, 5) is 31.4. The van der Waals surface area contributed by atoms with Crippen LogP contribution >= 0.6 is 11.3 Å². The second kappa shape index (κ2) is 8.73. The van der Waals surface area contributed by atoms with Crippen molar-refractivity contribution in [3.63, 3.8) is 0 Å². The van der Waals surface area contributed by atoms with Gasteiger partial charge in [-0.25, -0.2) is 0 Å². The second-order valence-electron chi connectivity index (χ2n) is 8.67. The van der Waals surface area contributed by atoms with Crippen LogP contribution in [0.5, 0.6) is 0 Å². The van der Waals surface area contributed by atoms with Crippen molar-refractivity contribution in [1.29, 1.82) is 0 Å². The molecule has 6 nitrogen and oxygen atoms in total. The number of rotatable bonds is 4. The lowest BCUT2D eigenvalue weighted by Gasteiger charge is -2.42. The number of carbonyl (C=O) groups excluding carboxylic acids is 2. The van der Waals surface area contributed by atoms with Gasteiger partial charge < -0.3 is 19.3 Å². The summed E-state index contributed by atoms with van der Waals surface area (Å²) in [5, 5.41) is 1.91. The van der Waals surface area contributed by atoms with Gasteiger partial charge >= 0.3 is 0 Å². The molecule has 0 saturated carbocycles. The molecule has 0 unspecified atom stereocenters. The van der Waals surface area contributed by atoms with E-state index in [9.17, 15) is 9.59 Å². The van der Waals surface area contributed by atoms with Crippen LogP contribution in [0.2, 0.25) is 0 Å². The highest BCUT2D eigenvalue weighted by Gasteiger charge is 2.58. The van der Waals surface area contributed by atoms with Crippen molar-refractivity contribution in [3.8, 4) is 0 Å². The first-order chi connectivity index (χ1) is 15.2. The highest BCUT2D eigenvalue weighted by Crippen LogP contribution is 2.43. The first-order valence-electron chi connectivity index (χ1n) is 11.1. The maximum Gasteiger partial charge on any atom is 0.264 e. The first kappa shape index (κ1) is 20.7. The van der Waals surface area contributed by atoms with E-state index in [2.05, 4.69) is 12.1 Å². The fraction of sp³-hybridized carbons (Fsp3) is 0.500. The molecule has 2 atom stereocenters. The average molecular weight is 441 g/mol. The third-order valence-electron chi connectivity index (χ3n) is 6.80. The average Bonchev–Trinajstić information content (AvgIpc) is 3.44. The molecule has 2 aromatic rings. The summed E-state index contributed by atoms with van der Waals surface area (Å²) in [5.74, 6) is 0.369. The van der Waals surface area contributed by atoms with Crippen molar-refractivity contribution in [2.45, 2.75) is 24.4 Å². The molecule has 3 aliphatic rings. The Labute approximate surface area is 186 Å². The smallest absolute Gasteiger partial charge is 0.264 e. The number of thiophene rings is 1. The first-order valence-corrected chi connectivity index (χ1v) is 11.9. The Morgan fingerprint density at radius 3 is 2.65 bits per heavy atom. The monoisotopic (exact) mass is 440 g/mol. The molecule has 0 bridgehead atoms. The Hall–Kier alpha value is -2.22. The maximum atomic E-state index is 13.8. The maximum absolute atomic E-state index is 13.8. The fourth-order valence-electron chi connectivity index (χ4n) is 5.14. The molecule has 3 fully saturated rings. The molecule has 0 aliphatic carbocycles. The lowest BCUT2D eigenvalue weighted by molar-refractivity contribution is -0.160. The predicted octanol–water partition coefficient (Wildman–Crippen LogP) is 3.01. The van der Waals surface area contributed by atoms with Gasteiger partial charge in [-0.15, -0.1) is 11.3 Å².